The fraction of sp³-hybridized carbons (Fsp3) is 0.571. The number of rotatable bonds is 3. The SMILES string of the molecule is CCC1CCN(Cc2ccc(N)c(F)c2)CC1. The molecule has 1 fully saturated rings. The monoisotopic (exact) mass is 236 g/mol. The molecule has 0 unspecified atom stereocenters. The molecular weight excluding hydrogens is 215 g/mol. The highest BCUT2D eigenvalue weighted by Crippen LogP contribution is 2.22. The van der Waals surface area contributed by atoms with Crippen LogP contribution in [0, 0.1) is 11.7 Å². The normalized spacial score (nSPS) is 18.5. The molecular formula is C14H21FN2. The van der Waals surface area contributed by atoms with Crippen LogP contribution in [0.4, 0.5) is 10.1 Å². The highest BCUT2D eigenvalue weighted by molar-refractivity contribution is 5.41. The minimum atomic E-state index is -0.300. The zero-order valence-electron chi connectivity index (χ0n) is 10.5. The predicted octanol–water partition coefficient (Wildman–Crippen LogP) is 3.03. The number of nitrogens with two attached hydrogens (primary N) is 1. The number of benzene rings is 1. The Bertz CT molecular complexity index is 370. The molecule has 17 heavy (non-hydrogen) atoms. The Hall–Kier alpha value is -1.09. The van der Waals surface area contributed by atoms with Gasteiger partial charge in [-0.05, 0) is 49.5 Å². The number of nitrogen functional groups attached to an aromatic ring is 1. The van der Waals surface area contributed by atoms with E-state index in [2.05, 4.69) is 11.8 Å². The van der Waals surface area contributed by atoms with Gasteiger partial charge in [-0.3, -0.25) is 4.90 Å². The summed E-state index contributed by atoms with van der Waals surface area (Å²) in [5.41, 5.74) is 6.72. The van der Waals surface area contributed by atoms with Crippen LogP contribution in [0.3, 0.4) is 0 Å². The van der Waals surface area contributed by atoms with Crippen LogP contribution in [0.5, 0.6) is 0 Å². The first kappa shape index (κ1) is 12.4. The van der Waals surface area contributed by atoms with Gasteiger partial charge in [-0.25, -0.2) is 4.39 Å². The van der Waals surface area contributed by atoms with E-state index < -0.39 is 0 Å². The number of hydrogen-bond acceptors (Lipinski definition) is 2. The average Bonchev–Trinajstić information content (AvgIpc) is 2.35. The van der Waals surface area contributed by atoms with E-state index in [1.807, 2.05) is 6.07 Å². The maximum Gasteiger partial charge on any atom is 0.146 e. The van der Waals surface area contributed by atoms with Crippen molar-refractivity contribution in [1.29, 1.82) is 0 Å². The average molecular weight is 236 g/mol. The summed E-state index contributed by atoms with van der Waals surface area (Å²) in [6, 6.07) is 5.13. The summed E-state index contributed by atoms with van der Waals surface area (Å²) in [7, 11) is 0. The van der Waals surface area contributed by atoms with Crippen molar-refractivity contribution in [3.8, 4) is 0 Å². The van der Waals surface area contributed by atoms with Gasteiger partial charge in [0.05, 0.1) is 5.69 Å². The zero-order chi connectivity index (χ0) is 12.3. The van der Waals surface area contributed by atoms with Gasteiger partial charge in [-0.2, -0.15) is 0 Å². The molecule has 3 heteroatoms. The van der Waals surface area contributed by atoms with Crippen LogP contribution in [0.2, 0.25) is 0 Å². The molecule has 2 N–H and O–H groups in total. The van der Waals surface area contributed by atoms with Gasteiger partial charge in [0, 0.05) is 6.54 Å². The molecule has 0 atom stereocenters. The van der Waals surface area contributed by atoms with Crippen molar-refractivity contribution in [2.24, 2.45) is 5.92 Å². The molecule has 0 aliphatic carbocycles. The first-order valence-corrected chi connectivity index (χ1v) is 6.45. The zero-order valence-corrected chi connectivity index (χ0v) is 10.5. The molecule has 2 rings (SSSR count). The van der Waals surface area contributed by atoms with Gasteiger partial charge >= 0.3 is 0 Å². The molecule has 0 radical (unpaired) electrons. The molecule has 1 saturated heterocycles. The molecule has 0 spiro atoms. The Morgan fingerprint density at radius 1 is 1.35 bits per heavy atom. The molecule has 0 bridgehead atoms. The number of nitrogens with zero attached hydrogens (tertiary/aromatic N) is 1. The second-order valence-corrected chi connectivity index (χ2v) is 4.98. The van der Waals surface area contributed by atoms with Gasteiger partial charge in [0.1, 0.15) is 5.82 Å². The summed E-state index contributed by atoms with van der Waals surface area (Å²) in [5, 5.41) is 0. The number of hydrogen-bond donors (Lipinski definition) is 1. The van der Waals surface area contributed by atoms with Crippen LogP contribution >= 0.6 is 0 Å². The van der Waals surface area contributed by atoms with Crippen LogP contribution in [0.1, 0.15) is 31.7 Å². The first-order chi connectivity index (χ1) is 8.19. The molecule has 1 aromatic carbocycles. The standard InChI is InChI=1S/C14H21FN2/c1-2-11-5-7-17(8-6-11)10-12-3-4-14(16)13(15)9-12/h3-4,9,11H,2,5-8,10,16H2,1H3. The maximum absolute atomic E-state index is 13.3. The van der Waals surface area contributed by atoms with Crippen LogP contribution in [-0.2, 0) is 6.54 Å². The molecule has 1 aliphatic rings. The summed E-state index contributed by atoms with van der Waals surface area (Å²) in [6.45, 7) is 5.36. The van der Waals surface area contributed by atoms with Gasteiger partial charge in [0.2, 0.25) is 0 Å². The molecule has 1 aliphatic heterocycles. The van der Waals surface area contributed by atoms with E-state index in [1.54, 1.807) is 12.1 Å². The maximum atomic E-state index is 13.3. The lowest BCUT2D eigenvalue weighted by molar-refractivity contribution is 0.175. The quantitative estimate of drug-likeness (QED) is 0.817. The van der Waals surface area contributed by atoms with Crippen LogP contribution in [-0.4, -0.2) is 18.0 Å². The second-order valence-electron chi connectivity index (χ2n) is 4.98. The summed E-state index contributed by atoms with van der Waals surface area (Å²) in [4.78, 5) is 2.40. The topological polar surface area (TPSA) is 29.3 Å². The third-order valence-corrected chi connectivity index (χ3v) is 3.76. The minimum absolute atomic E-state index is 0.235. The third-order valence-electron chi connectivity index (χ3n) is 3.76. The Kier molecular flexibility index (Phi) is 4.00. The molecule has 0 amide bonds. The second kappa shape index (κ2) is 5.50. The summed E-state index contributed by atoms with van der Waals surface area (Å²) < 4.78 is 13.3. The number of likely N-dealkylation sites (tertiary alicyclic amines) is 1. The molecule has 94 valence electrons. The van der Waals surface area contributed by atoms with Crippen molar-refractivity contribution >= 4 is 5.69 Å². The van der Waals surface area contributed by atoms with Gasteiger partial charge in [0.25, 0.3) is 0 Å². The third kappa shape index (κ3) is 3.19. The van der Waals surface area contributed by atoms with Crippen LogP contribution in [0.25, 0.3) is 0 Å². The Labute approximate surface area is 103 Å². The van der Waals surface area contributed by atoms with Crippen molar-refractivity contribution in [1.82, 2.24) is 4.90 Å². The van der Waals surface area contributed by atoms with Gasteiger partial charge < -0.3 is 5.73 Å². The lowest BCUT2D eigenvalue weighted by Crippen LogP contribution is -2.33. The van der Waals surface area contributed by atoms with E-state index in [9.17, 15) is 4.39 Å². The van der Waals surface area contributed by atoms with Gasteiger partial charge in [0.15, 0.2) is 0 Å². The Morgan fingerprint density at radius 3 is 2.65 bits per heavy atom. The first-order valence-electron chi connectivity index (χ1n) is 6.45. The summed E-state index contributed by atoms with van der Waals surface area (Å²) in [6.07, 6.45) is 3.83. The van der Waals surface area contributed by atoms with Crippen molar-refractivity contribution < 1.29 is 4.39 Å². The van der Waals surface area contributed by atoms with Crippen LogP contribution < -0.4 is 5.73 Å². The number of piperidine rings is 1. The Morgan fingerprint density at radius 2 is 2.06 bits per heavy atom. The smallest absolute Gasteiger partial charge is 0.146 e. The molecule has 1 heterocycles. The van der Waals surface area contributed by atoms with E-state index in [1.165, 1.54) is 19.3 Å². The van der Waals surface area contributed by atoms with Crippen molar-refractivity contribution in [2.75, 3.05) is 18.8 Å². The van der Waals surface area contributed by atoms with E-state index >= 15 is 0 Å². The predicted molar refractivity (Wildman–Crippen MR) is 69.1 cm³/mol. The largest absolute Gasteiger partial charge is 0.396 e. The van der Waals surface area contributed by atoms with Crippen molar-refractivity contribution in [3.05, 3.63) is 29.6 Å². The Balaban J connectivity index is 1.91. The van der Waals surface area contributed by atoms with Crippen molar-refractivity contribution in [2.45, 2.75) is 32.7 Å². The fourth-order valence-corrected chi connectivity index (χ4v) is 2.48. The summed E-state index contributed by atoms with van der Waals surface area (Å²) >= 11 is 0. The fourth-order valence-electron chi connectivity index (χ4n) is 2.48. The van der Waals surface area contributed by atoms with E-state index in [-0.39, 0.29) is 11.5 Å². The van der Waals surface area contributed by atoms with Gasteiger partial charge in [-0.1, -0.05) is 19.4 Å². The highest BCUT2D eigenvalue weighted by atomic mass is 19.1. The molecule has 0 saturated carbocycles. The molecule has 1 aromatic rings. The van der Waals surface area contributed by atoms with E-state index in [4.69, 9.17) is 5.73 Å². The van der Waals surface area contributed by atoms with E-state index in [0.29, 0.717) is 0 Å². The number of anilines is 1. The highest BCUT2D eigenvalue weighted by Gasteiger charge is 2.17. The molecule has 0 aromatic heterocycles. The summed E-state index contributed by atoms with van der Waals surface area (Å²) in [5.74, 6) is 0.584. The van der Waals surface area contributed by atoms with Gasteiger partial charge in [-0.15, -0.1) is 0 Å². The lowest BCUT2D eigenvalue weighted by atomic mass is 9.94. The van der Waals surface area contributed by atoms with Crippen molar-refractivity contribution in [3.63, 3.8) is 0 Å². The molecule has 2 nitrogen and oxygen atoms in total. The number of halogens is 1. The minimum Gasteiger partial charge on any atom is -0.396 e. The van der Waals surface area contributed by atoms with Crippen LogP contribution in [0.15, 0.2) is 18.2 Å². The lowest BCUT2D eigenvalue weighted by Gasteiger charge is -2.31. The van der Waals surface area contributed by atoms with E-state index in [0.717, 1.165) is 31.1 Å².